The average molecular weight is 303 g/mol. The molecule has 0 aromatic carbocycles. The summed E-state index contributed by atoms with van der Waals surface area (Å²) in [5, 5.41) is 0.0498. The highest BCUT2D eigenvalue weighted by molar-refractivity contribution is 7.98. The van der Waals surface area contributed by atoms with E-state index in [4.69, 9.17) is 5.73 Å². The zero-order chi connectivity index (χ0) is 14.1. The predicted octanol–water partition coefficient (Wildman–Crippen LogP) is 1.35. The van der Waals surface area contributed by atoms with E-state index in [9.17, 15) is 8.42 Å². The fourth-order valence-electron chi connectivity index (χ4n) is 1.52. The number of aromatic nitrogens is 1. The molecule has 0 aliphatic rings. The Balaban J connectivity index is 2.42. The fraction of sp³-hybridized carbons (Fsp3) is 0.583. The van der Waals surface area contributed by atoms with E-state index in [0.29, 0.717) is 13.1 Å². The number of thioether (sulfide) groups is 1. The number of pyridine rings is 1. The highest BCUT2D eigenvalue weighted by atomic mass is 32.2. The quantitative estimate of drug-likeness (QED) is 0.673. The van der Waals surface area contributed by atoms with Gasteiger partial charge in [0.15, 0.2) is 5.03 Å². The van der Waals surface area contributed by atoms with E-state index in [-0.39, 0.29) is 5.03 Å². The van der Waals surface area contributed by atoms with Gasteiger partial charge in [-0.2, -0.15) is 11.8 Å². The van der Waals surface area contributed by atoms with E-state index < -0.39 is 10.0 Å². The van der Waals surface area contributed by atoms with Crippen LogP contribution < -0.4 is 10.5 Å². The number of rotatable bonds is 9. The van der Waals surface area contributed by atoms with Gasteiger partial charge < -0.3 is 5.73 Å². The molecular formula is C12H21N3O2S2. The summed E-state index contributed by atoms with van der Waals surface area (Å²) in [5.74, 6) is 1.12. The van der Waals surface area contributed by atoms with Crippen molar-refractivity contribution in [1.29, 1.82) is 0 Å². The maximum absolute atomic E-state index is 11.9. The van der Waals surface area contributed by atoms with Gasteiger partial charge in [-0.25, -0.2) is 18.1 Å². The largest absolute Gasteiger partial charge is 0.326 e. The van der Waals surface area contributed by atoms with Crippen molar-refractivity contribution in [3.63, 3.8) is 0 Å². The number of nitrogens with two attached hydrogens (primary N) is 1. The summed E-state index contributed by atoms with van der Waals surface area (Å²) in [5.41, 5.74) is 6.26. The molecule has 1 rings (SSSR count). The van der Waals surface area contributed by atoms with Crippen LogP contribution in [0.5, 0.6) is 0 Å². The van der Waals surface area contributed by atoms with Gasteiger partial charge in [-0.3, -0.25) is 0 Å². The smallest absolute Gasteiger partial charge is 0.258 e. The molecule has 0 atom stereocenters. The monoisotopic (exact) mass is 303 g/mol. The summed E-state index contributed by atoms with van der Waals surface area (Å²) in [6, 6.07) is 3.16. The second-order valence-corrected chi connectivity index (χ2v) is 6.86. The molecule has 108 valence electrons. The molecule has 19 heavy (non-hydrogen) atoms. The minimum Gasteiger partial charge on any atom is -0.326 e. The normalized spacial score (nSPS) is 11.7. The summed E-state index contributed by atoms with van der Waals surface area (Å²) in [6.07, 6.45) is 6.56. The number of hydrogen-bond acceptors (Lipinski definition) is 5. The summed E-state index contributed by atoms with van der Waals surface area (Å²) >= 11 is 1.81. The highest BCUT2D eigenvalue weighted by Gasteiger charge is 2.14. The van der Waals surface area contributed by atoms with Crippen LogP contribution in [0.2, 0.25) is 0 Å². The van der Waals surface area contributed by atoms with Crippen LogP contribution in [0.4, 0.5) is 0 Å². The zero-order valence-corrected chi connectivity index (χ0v) is 12.8. The SMILES string of the molecule is CSCCCCCNS(=O)(=O)c1ccc(CN)cn1. The van der Waals surface area contributed by atoms with Crippen LogP contribution in [0, 0.1) is 0 Å². The Morgan fingerprint density at radius 2 is 2.11 bits per heavy atom. The standard InChI is InChI=1S/C12H21N3O2S2/c1-18-8-4-2-3-7-15-19(16,17)12-6-5-11(9-13)10-14-12/h5-6,10,15H,2-4,7-9,13H2,1H3. The Kier molecular flexibility index (Phi) is 7.37. The Hall–Kier alpha value is -0.630. The molecular weight excluding hydrogens is 282 g/mol. The Bertz CT molecular complexity index is 460. The Morgan fingerprint density at radius 3 is 2.68 bits per heavy atom. The minimum absolute atomic E-state index is 0.0498. The molecule has 0 fully saturated rings. The van der Waals surface area contributed by atoms with Crippen LogP contribution in [-0.2, 0) is 16.6 Å². The van der Waals surface area contributed by atoms with Crippen molar-refractivity contribution in [1.82, 2.24) is 9.71 Å². The summed E-state index contributed by atoms with van der Waals surface area (Å²) in [6.45, 7) is 0.813. The fourth-order valence-corrected chi connectivity index (χ4v) is 3.01. The summed E-state index contributed by atoms with van der Waals surface area (Å²) < 4.78 is 26.4. The molecule has 0 spiro atoms. The molecule has 7 heteroatoms. The molecule has 5 nitrogen and oxygen atoms in total. The molecule has 1 heterocycles. The van der Waals surface area contributed by atoms with E-state index in [1.807, 2.05) is 0 Å². The van der Waals surface area contributed by atoms with Crippen molar-refractivity contribution in [2.24, 2.45) is 5.73 Å². The predicted molar refractivity (Wildman–Crippen MR) is 79.5 cm³/mol. The van der Waals surface area contributed by atoms with Gasteiger partial charge in [-0.1, -0.05) is 12.5 Å². The molecule has 1 aromatic rings. The molecule has 0 radical (unpaired) electrons. The van der Waals surface area contributed by atoms with Crippen LogP contribution >= 0.6 is 11.8 Å². The van der Waals surface area contributed by atoms with Crippen LogP contribution in [-0.4, -0.2) is 32.0 Å². The highest BCUT2D eigenvalue weighted by Crippen LogP contribution is 2.07. The van der Waals surface area contributed by atoms with E-state index >= 15 is 0 Å². The molecule has 0 saturated carbocycles. The van der Waals surface area contributed by atoms with Crippen molar-refractivity contribution in [3.8, 4) is 0 Å². The van der Waals surface area contributed by atoms with E-state index in [2.05, 4.69) is 16.0 Å². The van der Waals surface area contributed by atoms with Crippen molar-refractivity contribution in [3.05, 3.63) is 23.9 Å². The number of nitrogens with one attached hydrogen (secondary N) is 1. The van der Waals surface area contributed by atoms with Crippen molar-refractivity contribution in [2.45, 2.75) is 30.8 Å². The minimum atomic E-state index is -3.49. The maximum Gasteiger partial charge on any atom is 0.258 e. The third-order valence-corrected chi connectivity index (χ3v) is 4.70. The van der Waals surface area contributed by atoms with Gasteiger partial charge in [-0.05, 0) is 36.5 Å². The van der Waals surface area contributed by atoms with E-state index in [1.54, 1.807) is 17.8 Å². The first kappa shape index (κ1) is 16.4. The maximum atomic E-state index is 11.9. The van der Waals surface area contributed by atoms with Crippen LogP contribution in [0.15, 0.2) is 23.4 Å². The number of nitrogens with zero attached hydrogens (tertiary/aromatic N) is 1. The first-order chi connectivity index (χ1) is 9.10. The van der Waals surface area contributed by atoms with Gasteiger partial charge in [0.05, 0.1) is 0 Å². The summed E-state index contributed by atoms with van der Waals surface area (Å²) in [7, 11) is -3.49. The topological polar surface area (TPSA) is 85.1 Å². The van der Waals surface area contributed by atoms with Crippen LogP contribution in [0.25, 0.3) is 0 Å². The van der Waals surface area contributed by atoms with Crippen LogP contribution in [0.1, 0.15) is 24.8 Å². The molecule has 1 aromatic heterocycles. The molecule has 0 amide bonds. The second kappa shape index (κ2) is 8.52. The van der Waals surface area contributed by atoms with Gasteiger partial charge >= 0.3 is 0 Å². The van der Waals surface area contributed by atoms with Gasteiger partial charge in [0.25, 0.3) is 10.0 Å². The van der Waals surface area contributed by atoms with E-state index in [0.717, 1.165) is 30.6 Å². The van der Waals surface area contributed by atoms with Crippen molar-refractivity contribution < 1.29 is 8.42 Å². The lowest BCUT2D eigenvalue weighted by Crippen LogP contribution is -2.25. The summed E-state index contributed by atoms with van der Waals surface area (Å²) in [4.78, 5) is 3.92. The third-order valence-electron chi connectivity index (χ3n) is 2.63. The Labute approximate surface area is 119 Å². The molecule has 0 saturated heterocycles. The number of hydrogen-bond donors (Lipinski definition) is 2. The lowest BCUT2D eigenvalue weighted by molar-refractivity contribution is 0.572. The Morgan fingerprint density at radius 1 is 1.32 bits per heavy atom. The molecule has 0 bridgehead atoms. The van der Waals surface area contributed by atoms with Gasteiger partial charge in [0.2, 0.25) is 0 Å². The van der Waals surface area contributed by atoms with Gasteiger partial charge in [-0.15, -0.1) is 0 Å². The van der Waals surface area contributed by atoms with Crippen LogP contribution in [0.3, 0.4) is 0 Å². The van der Waals surface area contributed by atoms with Gasteiger partial charge in [0.1, 0.15) is 0 Å². The first-order valence-corrected chi connectivity index (χ1v) is 9.11. The second-order valence-electron chi connectivity index (χ2n) is 4.16. The first-order valence-electron chi connectivity index (χ1n) is 6.24. The molecule has 0 aliphatic carbocycles. The third kappa shape index (κ3) is 5.90. The molecule has 0 unspecified atom stereocenters. The zero-order valence-electron chi connectivity index (χ0n) is 11.1. The van der Waals surface area contributed by atoms with Crippen molar-refractivity contribution >= 4 is 21.8 Å². The molecule has 0 aliphatic heterocycles. The van der Waals surface area contributed by atoms with Crippen molar-refractivity contribution in [2.75, 3.05) is 18.6 Å². The van der Waals surface area contributed by atoms with Gasteiger partial charge in [0, 0.05) is 19.3 Å². The number of unbranched alkanes of at least 4 members (excludes halogenated alkanes) is 2. The van der Waals surface area contributed by atoms with E-state index in [1.165, 1.54) is 12.3 Å². The lowest BCUT2D eigenvalue weighted by Gasteiger charge is -2.06. The lowest BCUT2D eigenvalue weighted by atomic mass is 10.2. The average Bonchev–Trinajstić information content (AvgIpc) is 2.43. The number of sulfonamides is 1. The molecule has 3 N–H and O–H groups in total.